The average molecular weight is 446 g/mol. The lowest BCUT2D eigenvalue weighted by Gasteiger charge is -2.12. The maximum atomic E-state index is 11.8. The Morgan fingerprint density at radius 1 is 1.03 bits per heavy atom. The Labute approximate surface area is 187 Å². The summed E-state index contributed by atoms with van der Waals surface area (Å²) in [4.78, 5) is 5.00. The summed E-state index contributed by atoms with van der Waals surface area (Å²) in [6, 6.07) is 13.6. The third-order valence-electron chi connectivity index (χ3n) is 4.80. The van der Waals surface area contributed by atoms with Crippen LogP contribution in [0, 0.1) is 6.92 Å². The third-order valence-corrected chi connectivity index (χ3v) is 6.06. The molecule has 2 aromatic carbocycles. The van der Waals surface area contributed by atoms with E-state index >= 15 is 0 Å². The molecule has 0 fully saturated rings. The summed E-state index contributed by atoms with van der Waals surface area (Å²) in [6.07, 6.45) is 4.31. The van der Waals surface area contributed by atoms with Crippen LogP contribution in [0.25, 0.3) is 0 Å². The molecule has 0 spiro atoms. The largest absolute Gasteiger partial charge is 0.494 e. The molecule has 0 aliphatic carbocycles. The fourth-order valence-electron chi connectivity index (χ4n) is 3.15. The second kappa shape index (κ2) is 12.3. The van der Waals surface area contributed by atoms with Crippen molar-refractivity contribution in [3.05, 3.63) is 59.2 Å². The first-order chi connectivity index (χ1) is 14.8. The fourth-order valence-corrected chi connectivity index (χ4v) is 4.11. The lowest BCUT2D eigenvalue weighted by Crippen LogP contribution is -2.38. The number of nitrogens with zero attached hydrogens (tertiary/aromatic N) is 1. The Bertz CT molecular complexity index is 955. The average Bonchev–Trinajstić information content (AvgIpc) is 2.72. The molecule has 2 N–H and O–H groups in total. The topological polar surface area (TPSA) is 79.8 Å². The number of ether oxygens (including phenoxy) is 1. The molecule has 0 saturated carbocycles. The smallest absolute Gasteiger partial charge is 0.191 e. The summed E-state index contributed by atoms with van der Waals surface area (Å²) >= 11 is 0. The van der Waals surface area contributed by atoms with Crippen molar-refractivity contribution in [2.24, 2.45) is 4.99 Å². The molecule has 2 rings (SSSR count). The predicted molar refractivity (Wildman–Crippen MR) is 128 cm³/mol. The minimum Gasteiger partial charge on any atom is -0.494 e. The molecule has 7 heteroatoms. The molecule has 6 nitrogen and oxygen atoms in total. The molecule has 0 bridgehead atoms. The predicted octanol–water partition coefficient (Wildman–Crippen LogP) is 3.88. The zero-order valence-electron chi connectivity index (χ0n) is 19.1. The number of rotatable bonds is 11. The molecule has 0 amide bonds. The van der Waals surface area contributed by atoms with Gasteiger partial charge in [0.25, 0.3) is 0 Å². The van der Waals surface area contributed by atoms with E-state index in [4.69, 9.17) is 4.74 Å². The number of benzene rings is 2. The highest BCUT2D eigenvalue weighted by Crippen LogP contribution is 2.17. The van der Waals surface area contributed by atoms with E-state index < -0.39 is 9.84 Å². The van der Waals surface area contributed by atoms with Gasteiger partial charge in [-0.2, -0.15) is 0 Å². The molecule has 0 saturated heterocycles. The quantitative estimate of drug-likeness (QED) is 0.312. The van der Waals surface area contributed by atoms with Gasteiger partial charge in [0.2, 0.25) is 0 Å². The molecule has 31 heavy (non-hydrogen) atoms. The summed E-state index contributed by atoms with van der Waals surface area (Å²) in [5.41, 5.74) is 2.95. The van der Waals surface area contributed by atoms with Crippen molar-refractivity contribution in [3.8, 4) is 5.75 Å². The first kappa shape index (κ1) is 24.7. The Balaban J connectivity index is 1.89. The number of unbranched alkanes of at least 4 members (excludes halogenated alkanes) is 1. The number of hydrogen-bond acceptors (Lipinski definition) is 4. The van der Waals surface area contributed by atoms with Crippen LogP contribution in [0.2, 0.25) is 0 Å². The lowest BCUT2D eigenvalue weighted by atomic mass is 10.1. The van der Waals surface area contributed by atoms with Crippen LogP contribution in [0.4, 0.5) is 0 Å². The number of guanidine groups is 1. The van der Waals surface area contributed by atoms with Gasteiger partial charge in [0.1, 0.15) is 5.75 Å². The standard InChI is InChI=1S/C24H35N3O3S/c1-5-7-16-30-22-11-8-20(9-12-22)14-15-26-24(25-6-2)27-18-21-10-13-23(19(3)17-21)31(4,28)29/h8-13,17H,5-7,14-16,18H2,1-4H3,(H2,25,26,27). The zero-order valence-corrected chi connectivity index (χ0v) is 19.9. The van der Waals surface area contributed by atoms with E-state index in [0.29, 0.717) is 11.4 Å². The third kappa shape index (κ3) is 8.61. The maximum absolute atomic E-state index is 11.8. The second-order valence-corrected chi connectivity index (χ2v) is 9.57. The minimum atomic E-state index is -3.21. The van der Waals surface area contributed by atoms with Crippen LogP contribution in [-0.4, -0.2) is 40.3 Å². The van der Waals surface area contributed by atoms with Gasteiger partial charge < -0.3 is 15.4 Å². The SMILES string of the molecule is CCCCOc1ccc(CCNC(=NCc2ccc(S(C)(=O)=O)c(C)c2)NCC)cc1. The van der Waals surface area contributed by atoms with Crippen molar-refractivity contribution in [1.82, 2.24) is 10.6 Å². The van der Waals surface area contributed by atoms with Crippen molar-refractivity contribution in [3.63, 3.8) is 0 Å². The Morgan fingerprint density at radius 3 is 2.35 bits per heavy atom. The molecule has 0 radical (unpaired) electrons. The zero-order chi connectivity index (χ0) is 22.7. The molecule has 0 aliphatic rings. The summed E-state index contributed by atoms with van der Waals surface area (Å²) in [6.45, 7) is 8.75. The first-order valence-corrected chi connectivity index (χ1v) is 12.8. The fraction of sp³-hybridized carbons (Fsp3) is 0.458. The van der Waals surface area contributed by atoms with Crippen molar-refractivity contribution < 1.29 is 13.2 Å². The van der Waals surface area contributed by atoms with Gasteiger partial charge >= 0.3 is 0 Å². The van der Waals surface area contributed by atoms with Gasteiger partial charge in [-0.25, -0.2) is 13.4 Å². The Morgan fingerprint density at radius 2 is 1.74 bits per heavy atom. The molecule has 0 atom stereocenters. The van der Waals surface area contributed by atoms with E-state index in [1.807, 2.05) is 38.1 Å². The number of nitrogens with one attached hydrogen (secondary N) is 2. The van der Waals surface area contributed by atoms with Crippen molar-refractivity contribution in [2.75, 3.05) is 26.0 Å². The van der Waals surface area contributed by atoms with Crippen LogP contribution in [-0.2, 0) is 22.8 Å². The molecule has 0 aliphatic heterocycles. The monoisotopic (exact) mass is 445 g/mol. The summed E-state index contributed by atoms with van der Waals surface area (Å²) in [5, 5.41) is 6.61. The van der Waals surface area contributed by atoms with Gasteiger partial charge in [0, 0.05) is 19.3 Å². The number of sulfone groups is 1. The molecule has 170 valence electrons. The second-order valence-electron chi connectivity index (χ2n) is 7.59. The van der Waals surface area contributed by atoms with Crippen molar-refractivity contribution in [2.45, 2.75) is 51.5 Å². The number of aryl methyl sites for hydroxylation is 1. The highest BCUT2D eigenvalue weighted by atomic mass is 32.2. The Hall–Kier alpha value is -2.54. The van der Waals surface area contributed by atoms with Gasteiger partial charge in [-0.15, -0.1) is 0 Å². The minimum absolute atomic E-state index is 0.368. The van der Waals surface area contributed by atoms with Gasteiger partial charge in [-0.05, 0) is 61.6 Å². The summed E-state index contributed by atoms with van der Waals surface area (Å²) < 4.78 is 29.3. The van der Waals surface area contributed by atoms with Crippen molar-refractivity contribution >= 4 is 15.8 Å². The van der Waals surface area contributed by atoms with Crippen LogP contribution in [0.1, 0.15) is 43.4 Å². The van der Waals surface area contributed by atoms with E-state index in [2.05, 4.69) is 34.7 Å². The highest BCUT2D eigenvalue weighted by molar-refractivity contribution is 7.90. The van der Waals surface area contributed by atoms with Gasteiger partial charge in [-0.3, -0.25) is 0 Å². The molecular formula is C24H35N3O3S. The van der Waals surface area contributed by atoms with Gasteiger partial charge in [0.15, 0.2) is 15.8 Å². The number of hydrogen-bond donors (Lipinski definition) is 2. The van der Waals surface area contributed by atoms with Gasteiger partial charge in [-0.1, -0.05) is 37.6 Å². The summed E-state index contributed by atoms with van der Waals surface area (Å²) in [5.74, 6) is 1.66. The first-order valence-electron chi connectivity index (χ1n) is 10.9. The van der Waals surface area contributed by atoms with E-state index in [1.54, 1.807) is 6.07 Å². The molecule has 0 unspecified atom stereocenters. The van der Waals surface area contributed by atoms with Crippen molar-refractivity contribution in [1.29, 1.82) is 0 Å². The van der Waals surface area contributed by atoms with E-state index in [-0.39, 0.29) is 0 Å². The van der Waals surface area contributed by atoms with Crippen LogP contribution >= 0.6 is 0 Å². The van der Waals surface area contributed by atoms with Crippen LogP contribution in [0.15, 0.2) is 52.4 Å². The molecule has 0 heterocycles. The van der Waals surface area contributed by atoms with Crippen LogP contribution < -0.4 is 15.4 Å². The normalized spacial score (nSPS) is 11.9. The molecule has 0 aromatic heterocycles. The van der Waals surface area contributed by atoms with E-state index in [9.17, 15) is 8.42 Å². The van der Waals surface area contributed by atoms with Gasteiger partial charge in [0.05, 0.1) is 18.0 Å². The molecule has 2 aromatic rings. The number of aliphatic imine (C=N–C) groups is 1. The molecular weight excluding hydrogens is 410 g/mol. The summed E-state index contributed by atoms with van der Waals surface area (Å²) in [7, 11) is -3.21. The van der Waals surface area contributed by atoms with Crippen LogP contribution in [0.5, 0.6) is 5.75 Å². The Kier molecular flexibility index (Phi) is 9.85. The van der Waals surface area contributed by atoms with E-state index in [1.165, 1.54) is 11.8 Å². The highest BCUT2D eigenvalue weighted by Gasteiger charge is 2.10. The maximum Gasteiger partial charge on any atom is 0.191 e. The lowest BCUT2D eigenvalue weighted by molar-refractivity contribution is 0.309. The van der Waals surface area contributed by atoms with E-state index in [0.717, 1.165) is 61.8 Å². The van der Waals surface area contributed by atoms with Crippen LogP contribution in [0.3, 0.4) is 0 Å².